The highest BCUT2D eigenvalue weighted by molar-refractivity contribution is 5.92. The van der Waals surface area contributed by atoms with Crippen LogP contribution >= 0.6 is 0 Å². The summed E-state index contributed by atoms with van der Waals surface area (Å²) in [6.07, 6.45) is 5.28. The number of rotatable bonds is 7. The molecule has 1 aromatic heterocycles. The van der Waals surface area contributed by atoms with Crippen molar-refractivity contribution in [3.05, 3.63) is 36.2 Å². The second kappa shape index (κ2) is 12.6. The van der Waals surface area contributed by atoms with Crippen molar-refractivity contribution in [1.82, 2.24) is 19.8 Å². The van der Waals surface area contributed by atoms with Crippen LogP contribution in [-0.4, -0.2) is 110 Å². The lowest BCUT2D eigenvalue weighted by molar-refractivity contribution is -0.140. The SMILES string of the molecule is Nc1ncnc(N2CCN(C(=O)Nc3ccc(N4CCCC4)cc3)CC2)c1C=NOCC(=O)N1CCOCC1. The second-order valence-electron chi connectivity index (χ2n) is 9.64. The first-order valence-corrected chi connectivity index (χ1v) is 13.4. The van der Waals surface area contributed by atoms with Crippen molar-refractivity contribution in [2.75, 3.05) is 93.0 Å². The maximum Gasteiger partial charge on any atom is 0.321 e. The summed E-state index contributed by atoms with van der Waals surface area (Å²) >= 11 is 0. The quantitative estimate of drug-likeness (QED) is 0.394. The average molecular weight is 538 g/mol. The minimum absolute atomic E-state index is 0.133. The number of morpholine rings is 1. The molecule has 5 rings (SSSR count). The van der Waals surface area contributed by atoms with Crippen LogP contribution < -0.4 is 20.9 Å². The van der Waals surface area contributed by atoms with Crippen LogP contribution in [-0.2, 0) is 14.4 Å². The Morgan fingerprint density at radius 3 is 2.38 bits per heavy atom. The third kappa shape index (κ3) is 6.66. The zero-order valence-corrected chi connectivity index (χ0v) is 22.0. The number of oxime groups is 1. The molecule has 0 unspecified atom stereocenters. The van der Waals surface area contributed by atoms with Gasteiger partial charge in [0.15, 0.2) is 6.61 Å². The van der Waals surface area contributed by atoms with Gasteiger partial charge in [0.2, 0.25) is 0 Å². The van der Waals surface area contributed by atoms with Gasteiger partial charge in [-0.2, -0.15) is 0 Å². The second-order valence-corrected chi connectivity index (χ2v) is 9.64. The van der Waals surface area contributed by atoms with E-state index in [0.717, 1.165) is 18.8 Å². The molecule has 0 aliphatic carbocycles. The van der Waals surface area contributed by atoms with Gasteiger partial charge in [-0.25, -0.2) is 14.8 Å². The summed E-state index contributed by atoms with van der Waals surface area (Å²) in [5.74, 6) is 0.709. The summed E-state index contributed by atoms with van der Waals surface area (Å²) in [4.78, 5) is 46.7. The van der Waals surface area contributed by atoms with Crippen molar-refractivity contribution in [2.45, 2.75) is 12.8 Å². The molecule has 3 fully saturated rings. The normalized spacial score (nSPS) is 18.1. The van der Waals surface area contributed by atoms with Crippen molar-refractivity contribution in [1.29, 1.82) is 0 Å². The Hall–Kier alpha value is -4.13. The largest absolute Gasteiger partial charge is 0.386 e. The summed E-state index contributed by atoms with van der Waals surface area (Å²) in [5, 5.41) is 6.95. The number of nitrogens with two attached hydrogens (primary N) is 1. The topological polar surface area (TPSA) is 142 Å². The van der Waals surface area contributed by atoms with Crippen molar-refractivity contribution >= 4 is 41.2 Å². The number of carbonyl (C=O) groups excluding carboxylic acids is 2. The van der Waals surface area contributed by atoms with Gasteiger partial charge in [-0.3, -0.25) is 4.79 Å². The predicted octanol–water partition coefficient (Wildman–Crippen LogP) is 1.22. The van der Waals surface area contributed by atoms with Crippen LogP contribution in [0.4, 0.5) is 27.8 Å². The van der Waals surface area contributed by atoms with E-state index < -0.39 is 0 Å². The Kier molecular flexibility index (Phi) is 8.56. The van der Waals surface area contributed by atoms with Crippen LogP contribution in [0.15, 0.2) is 35.7 Å². The van der Waals surface area contributed by atoms with E-state index in [0.29, 0.717) is 63.9 Å². The molecule has 39 heavy (non-hydrogen) atoms. The Balaban J connectivity index is 1.12. The van der Waals surface area contributed by atoms with Gasteiger partial charge in [0.25, 0.3) is 5.91 Å². The van der Waals surface area contributed by atoms with Gasteiger partial charge in [-0.15, -0.1) is 0 Å². The number of aromatic nitrogens is 2. The lowest BCUT2D eigenvalue weighted by Gasteiger charge is -2.35. The van der Waals surface area contributed by atoms with E-state index in [4.69, 9.17) is 15.3 Å². The molecule has 0 atom stereocenters. The zero-order chi connectivity index (χ0) is 27.0. The first-order chi connectivity index (χ1) is 19.1. The molecule has 3 aliphatic heterocycles. The standard InChI is InChI=1S/C26H35N9O4/c27-24-22(17-30-39-18-23(36)33-13-15-38-16-14-33)25(29-19-28-24)34-9-11-35(12-10-34)26(37)31-20-3-5-21(6-4-20)32-7-1-2-8-32/h3-6,17,19H,1-2,7-16,18H2,(H,31,37)(H2,27,28,29). The molecule has 4 heterocycles. The number of nitrogen functional groups attached to an aromatic ring is 1. The Morgan fingerprint density at radius 2 is 1.67 bits per heavy atom. The number of carbonyl (C=O) groups is 2. The highest BCUT2D eigenvalue weighted by Crippen LogP contribution is 2.23. The number of urea groups is 1. The molecular weight excluding hydrogens is 502 g/mol. The van der Waals surface area contributed by atoms with Gasteiger partial charge < -0.3 is 40.2 Å². The number of hydrogen-bond acceptors (Lipinski definition) is 10. The molecule has 0 spiro atoms. The van der Waals surface area contributed by atoms with E-state index in [9.17, 15) is 9.59 Å². The van der Waals surface area contributed by atoms with E-state index in [1.54, 1.807) is 9.80 Å². The molecule has 0 bridgehead atoms. The van der Waals surface area contributed by atoms with Gasteiger partial charge in [0.1, 0.15) is 18.0 Å². The Bertz CT molecular complexity index is 1160. The van der Waals surface area contributed by atoms with Crippen molar-refractivity contribution in [3.63, 3.8) is 0 Å². The van der Waals surface area contributed by atoms with Crippen molar-refractivity contribution < 1.29 is 19.2 Å². The minimum atomic E-state index is -0.172. The summed E-state index contributed by atoms with van der Waals surface area (Å²) < 4.78 is 5.26. The smallest absolute Gasteiger partial charge is 0.321 e. The lowest BCUT2D eigenvalue weighted by Crippen LogP contribution is -2.50. The molecule has 3 aliphatic rings. The van der Waals surface area contributed by atoms with Gasteiger partial charge in [0, 0.05) is 63.7 Å². The number of nitrogens with zero attached hydrogens (tertiary/aromatic N) is 7. The van der Waals surface area contributed by atoms with E-state index in [2.05, 4.69) is 37.5 Å². The maximum absolute atomic E-state index is 12.9. The summed E-state index contributed by atoms with van der Waals surface area (Å²) in [5.41, 5.74) is 8.58. The molecule has 0 saturated carbocycles. The lowest BCUT2D eigenvalue weighted by atomic mass is 10.2. The molecule has 13 nitrogen and oxygen atoms in total. The van der Waals surface area contributed by atoms with Crippen LogP contribution in [0.2, 0.25) is 0 Å². The van der Waals surface area contributed by atoms with E-state index in [1.165, 1.54) is 31.1 Å². The average Bonchev–Trinajstić information content (AvgIpc) is 3.52. The molecule has 0 radical (unpaired) electrons. The molecule has 3 N–H and O–H groups in total. The van der Waals surface area contributed by atoms with Gasteiger partial charge in [0.05, 0.1) is 25.0 Å². The van der Waals surface area contributed by atoms with Crippen LogP contribution in [0.1, 0.15) is 18.4 Å². The molecule has 1 aromatic carbocycles. The van der Waals surface area contributed by atoms with Crippen LogP contribution in [0.3, 0.4) is 0 Å². The summed E-state index contributed by atoms with van der Waals surface area (Å²) in [6.45, 7) is 6.30. The first-order valence-electron chi connectivity index (χ1n) is 13.4. The molecule has 2 aromatic rings. The molecule has 13 heteroatoms. The van der Waals surface area contributed by atoms with Crippen LogP contribution in [0.5, 0.6) is 0 Å². The fraction of sp³-hybridized carbons (Fsp3) is 0.500. The fourth-order valence-corrected chi connectivity index (χ4v) is 4.92. The molecule has 3 amide bonds. The molecular formula is C26H35N9O4. The van der Waals surface area contributed by atoms with E-state index in [1.807, 2.05) is 17.0 Å². The molecule has 3 saturated heterocycles. The third-order valence-corrected chi connectivity index (χ3v) is 7.16. The van der Waals surface area contributed by atoms with Crippen LogP contribution in [0, 0.1) is 0 Å². The van der Waals surface area contributed by atoms with E-state index in [-0.39, 0.29) is 24.4 Å². The fourth-order valence-electron chi connectivity index (χ4n) is 4.92. The van der Waals surface area contributed by atoms with Gasteiger partial charge in [-0.1, -0.05) is 5.16 Å². The van der Waals surface area contributed by atoms with Gasteiger partial charge >= 0.3 is 6.03 Å². The Labute approximate surface area is 227 Å². The van der Waals surface area contributed by atoms with E-state index >= 15 is 0 Å². The minimum Gasteiger partial charge on any atom is -0.386 e. The number of ether oxygens (including phenoxy) is 1. The zero-order valence-electron chi connectivity index (χ0n) is 22.0. The van der Waals surface area contributed by atoms with Gasteiger partial charge in [-0.05, 0) is 37.1 Å². The highest BCUT2D eigenvalue weighted by Gasteiger charge is 2.24. The number of nitrogens with one attached hydrogen (secondary N) is 1. The number of amides is 3. The highest BCUT2D eigenvalue weighted by atomic mass is 16.6. The summed E-state index contributed by atoms with van der Waals surface area (Å²) in [6, 6.07) is 7.89. The summed E-state index contributed by atoms with van der Waals surface area (Å²) in [7, 11) is 0. The first kappa shape index (κ1) is 26.5. The number of piperazine rings is 1. The molecule has 208 valence electrons. The monoisotopic (exact) mass is 537 g/mol. The number of hydrogen-bond donors (Lipinski definition) is 2. The van der Waals surface area contributed by atoms with Crippen LogP contribution in [0.25, 0.3) is 0 Å². The maximum atomic E-state index is 12.9. The predicted molar refractivity (Wildman–Crippen MR) is 148 cm³/mol. The Morgan fingerprint density at radius 1 is 0.949 bits per heavy atom. The van der Waals surface area contributed by atoms with Crippen molar-refractivity contribution in [2.24, 2.45) is 5.16 Å². The third-order valence-electron chi connectivity index (χ3n) is 7.16. The number of anilines is 4. The van der Waals surface area contributed by atoms with Crippen molar-refractivity contribution in [3.8, 4) is 0 Å². The number of benzene rings is 1.